The average Bonchev–Trinajstić information content (AvgIpc) is 3.12. The molecule has 19 heavy (non-hydrogen) atoms. The van der Waals surface area contributed by atoms with E-state index in [1.54, 1.807) is 24.3 Å². The molecule has 1 aromatic rings. The Morgan fingerprint density at radius 1 is 1.26 bits per heavy atom. The maximum absolute atomic E-state index is 12.4. The number of nitrogens with zero attached hydrogens (tertiary/aromatic N) is 1. The van der Waals surface area contributed by atoms with Gasteiger partial charge in [-0.2, -0.15) is 13.2 Å². The highest BCUT2D eigenvalue weighted by Crippen LogP contribution is 2.30. The van der Waals surface area contributed by atoms with E-state index in [4.69, 9.17) is 5.73 Å². The summed E-state index contributed by atoms with van der Waals surface area (Å²) in [6.45, 7) is -1.16. The second kappa shape index (κ2) is 5.11. The number of amides is 1. The number of carbonyl (C=O) groups excluding carboxylic acids is 1. The van der Waals surface area contributed by atoms with Gasteiger partial charge in [0.05, 0.1) is 6.42 Å². The molecule has 0 spiro atoms. The molecule has 1 aliphatic carbocycles. The fourth-order valence-corrected chi connectivity index (χ4v) is 1.91. The summed E-state index contributed by atoms with van der Waals surface area (Å²) in [5.41, 5.74) is 6.75. The minimum absolute atomic E-state index is 0.0210. The lowest BCUT2D eigenvalue weighted by Gasteiger charge is -2.23. The second-order valence-electron chi connectivity index (χ2n) is 4.79. The van der Waals surface area contributed by atoms with Crippen molar-refractivity contribution in [2.24, 2.45) is 0 Å². The zero-order chi connectivity index (χ0) is 14.0. The highest BCUT2D eigenvalue weighted by Gasteiger charge is 2.40. The summed E-state index contributed by atoms with van der Waals surface area (Å²) in [6.07, 6.45) is -3.06. The molecular weight excluding hydrogens is 257 g/mol. The molecule has 0 radical (unpaired) electrons. The second-order valence-corrected chi connectivity index (χ2v) is 4.79. The molecule has 0 unspecified atom stereocenters. The Kier molecular flexibility index (Phi) is 3.68. The highest BCUT2D eigenvalue weighted by atomic mass is 19.4. The van der Waals surface area contributed by atoms with Crippen LogP contribution in [0.2, 0.25) is 0 Å². The molecule has 0 aromatic heterocycles. The molecular formula is C13H15F3N2O. The maximum atomic E-state index is 12.4. The summed E-state index contributed by atoms with van der Waals surface area (Å²) in [5, 5.41) is 0. The van der Waals surface area contributed by atoms with Gasteiger partial charge in [-0.15, -0.1) is 0 Å². The van der Waals surface area contributed by atoms with Crippen molar-refractivity contribution in [2.45, 2.75) is 31.5 Å². The van der Waals surface area contributed by atoms with Crippen LogP contribution in [-0.4, -0.2) is 29.6 Å². The smallest absolute Gasteiger partial charge is 0.399 e. The van der Waals surface area contributed by atoms with Crippen molar-refractivity contribution < 1.29 is 18.0 Å². The number of alkyl halides is 3. The van der Waals surface area contributed by atoms with Gasteiger partial charge in [0, 0.05) is 11.7 Å². The minimum Gasteiger partial charge on any atom is -0.399 e. The van der Waals surface area contributed by atoms with E-state index in [0.717, 1.165) is 4.90 Å². The third-order valence-electron chi connectivity index (χ3n) is 2.99. The molecule has 0 heterocycles. The quantitative estimate of drug-likeness (QED) is 0.855. The minimum atomic E-state index is -4.35. The van der Waals surface area contributed by atoms with Gasteiger partial charge in [0.15, 0.2) is 0 Å². The van der Waals surface area contributed by atoms with Crippen molar-refractivity contribution in [3.63, 3.8) is 0 Å². The van der Waals surface area contributed by atoms with Crippen LogP contribution in [0.3, 0.4) is 0 Å². The van der Waals surface area contributed by atoms with Crippen molar-refractivity contribution in [1.29, 1.82) is 0 Å². The summed E-state index contributed by atoms with van der Waals surface area (Å²) < 4.78 is 37.3. The van der Waals surface area contributed by atoms with Crippen LogP contribution < -0.4 is 5.73 Å². The van der Waals surface area contributed by atoms with E-state index in [1.807, 2.05) is 0 Å². The number of rotatable bonds is 4. The van der Waals surface area contributed by atoms with E-state index in [9.17, 15) is 18.0 Å². The fraction of sp³-hybridized carbons (Fsp3) is 0.462. The Hall–Kier alpha value is -1.72. The van der Waals surface area contributed by atoms with Gasteiger partial charge in [0.1, 0.15) is 6.54 Å². The number of halogens is 3. The molecule has 2 rings (SSSR count). The summed E-state index contributed by atoms with van der Waals surface area (Å²) in [4.78, 5) is 12.9. The van der Waals surface area contributed by atoms with Crippen LogP contribution in [0.5, 0.6) is 0 Å². The van der Waals surface area contributed by atoms with Gasteiger partial charge in [0.2, 0.25) is 5.91 Å². The topological polar surface area (TPSA) is 46.3 Å². The zero-order valence-corrected chi connectivity index (χ0v) is 10.3. The molecule has 0 saturated heterocycles. The Balaban J connectivity index is 2.01. The normalized spacial score (nSPS) is 15.3. The first-order valence-electron chi connectivity index (χ1n) is 6.06. The number of hydrogen-bond acceptors (Lipinski definition) is 2. The fourth-order valence-electron chi connectivity index (χ4n) is 1.91. The molecule has 1 aliphatic rings. The Bertz CT molecular complexity index is 452. The van der Waals surface area contributed by atoms with E-state index in [0.29, 0.717) is 24.1 Å². The van der Waals surface area contributed by atoms with Crippen molar-refractivity contribution in [2.75, 3.05) is 12.3 Å². The number of nitrogens with two attached hydrogens (primary N) is 1. The SMILES string of the molecule is Nc1ccc(CC(=O)N(CC(F)(F)F)C2CC2)cc1. The van der Waals surface area contributed by atoms with Crippen LogP contribution in [0.1, 0.15) is 18.4 Å². The number of hydrogen-bond donors (Lipinski definition) is 1. The van der Waals surface area contributed by atoms with E-state index in [-0.39, 0.29) is 12.5 Å². The number of carbonyl (C=O) groups is 1. The number of nitrogen functional groups attached to an aromatic ring is 1. The standard InChI is InChI=1S/C13H15F3N2O/c14-13(15,16)8-18(11-5-6-11)12(19)7-9-1-3-10(17)4-2-9/h1-4,11H,5-8,17H2. The lowest BCUT2D eigenvalue weighted by atomic mass is 10.1. The van der Waals surface area contributed by atoms with Crippen molar-refractivity contribution in [3.8, 4) is 0 Å². The van der Waals surface area contributed by atoms with Crippen LogP contribution in [0.25, 0.3) is 0 Å². The molecule has 1 amide bonds. The zero-order valence-electron chi connectivity index (χ0n) is 10.3. The van der Waals surface area contributed by atoms with Crippen LogP contribution in [-0.2, 0) is 11.2 Å². The van der Waals surface area contributed by atoms with E-state index in [2.05, 4.69) is 0 Å². The summed E-state index contributed by atoms with van der Waals surface area (Å²) in [5.74, 6) is -0.482. The largest absolute Gasteiger partial charge is 0.406 e. The lowest BCUT2D eigenvalue weighted by molar-refractivity contribution is -0.162. The number of anilines is 1. The molecule has 1 aromatic carbocycles. The highest BCUT2D eigenvalue weighted by molar-refractivity contribution is 5.79. The summed E-state index contributed by atoms with van der Waals surface area (Å²) in [6, 6.07) is 6.34. The first-order chi connectivity index (χ1) is 8.85. The van der Waals surface area contributed by atoms with E-state index < -0.39 is 18.6 Å². The molecule has 2 N–H and O–H groups in total. The van der Waals surface area contributed by atoms with Crippen molar-refractivity contribution in [3.05, 3.63) is 29.8 Å². The Morgan fingerprint density at radius 2 is 1.84 bits per heavy atom. The summed E-state index contributed by atoms with van der Waals surface area (Å²) >= 11 is 0. The van der Waals surface area contributed by atoms with Crippen LogP contribution in [0.4, 0.5) is 18.9 Å². The van der Waals surface area contributed by atoms with Crippen LogP contribution in [0, 0.1) is 0 Å². The van der Waals surface area contributed by atoms with Gasteiger partial charge in [-0.3, -0.25) is 4.79 Å². The van der Waals surface area contributed by atoms with Gasteiger partial charge in [-0.05, 0) is 30.5 Å². The molecule has 1 saturated carbocycles. The molecule has 6 heteroatoms. The average molecular weight is 272 g/mol. The van der Waals surface area contributed by atoms with Gasteiger partial charge < -0.3 is 10.6 Å². The van der Waals surface area contributed by atoms with Crippen molar-refractivity contribution in [1.82, 2.24) is 4.90 Å². The Morgan fingerprint density at radius 3 is 2.32 bits per heavy atom. The van der Waals surface area contributed by atoms with Gasteiger partial charge in [-0.1, -0.05) is 12.1 Å². The number of benzene rings is 1. The molecule has 104 valence electrons. The van der Waals surface area contributed by atoms with E-state index in [1.165, 1.54) is 0 Å². The monoisotopic (exact) mass is 272 g/mol. The maximum Gasteiger partial charge on any atom is 0.406 e. The third-order valence-corrected chi connectivity index (χ3v) is 2.99. The molecule has 0 atom stereocenters. The van der Waals surface area contributed by atoms with Crippen LogP contribution in [0.15, 0.2) is 24.3 Å². The molecule has 0 aliphatic heterocycles. The lowest BCUT2D eigenvalue weighted by Crippen LogP contribution is -2.41. The van der Waals surface area contributed by atoms with E-state index >= 15 is 0 Å². The first-order valence-corrected chi connectivity index (χ1v) is 6.06. The predicted octanol–water partition coefficient (Wildman–Crippen LogP) is 2.36. The first kappa shape index (κ1) is 13.7. The molecule has 3 nitrogen and oxygen atoms in total. The third kappa shape index (κ3) is 4.15. The van der Waals surface area contributed by atoms with Gasteiger partial charge in [-0.25, -0.2) is 0 Å². The molecule has 0 bridgehead atoms. The predicted molar refractivity (Wildman–Crippen MR) is 65.3 cm³/mol. The summed E-state index contributed by atoms with van der Waals surface area (Å²) in [7, 11) is 0. The van der Waals surface area contributed by atoms with Gasteiger partial charge in [0.25, 0.3) is 0 Å². The molecule has 1 fully saturated rings. The Labute approximate surface area is 109 Å². The van der Waals surface area contributed by atoms with Gasteiger partial charge >= 0.3 is 6.18 Å². The van der Waals surface area contributed by atoms with Crippen LogP contribution >= 0.6 is 0 Å². The van der Waals surface area contributed by atoms with Crippen molar-refractivity contribution >= 4 is 11.6 Å².